The Bertz CT molecular complexity index is 1230. The fraction of sp³-hybridized carbons (Fsp3) is 0.387. The van der Waals surface area contributed by atoms with Gasteiger partial charge in [-0.3, -0.25) is 14.6 Å². The average Bonchev–Trinajstić information content (AvgIpc) is 3.40. The van der Waals surface area contributed by atoms with Gasteiger partial charge in [0.2, 0.25) is 5.91 Å². The summed E-state index contributed by atoms with van der Waals surface area (Å²) in [4.78, 5) is 29.3. The molecule has 1 fully saturated rings. The molecule has 1 aliphatic rings. The number of nitrogens with zero attached hydrogens (tertiary/aromatic N) is 1. The molecule has 1 amide bonds. The van der Waals surface area contributed by atoms with Gasteiger partial charge in [0.15, 0.2) is 0 Å². The zero-order valence-corrected chi connectivity index (χ0v) is 21.9. The van der Waals surface area contributed by atoms with Crippen molar-refractivity contribution >= 4 is 17.6 Å². The molecule has 0 bridgehead atoms. The second-order valence-electron chi connectivity index (χ2n) is 9.99. The number of benzene rings is 2. The molecule has 194 valence electrons. The fourth-order valence-electron chi connectivity index (χ4n) is 5.54. The Balaban J connectivity index is 1.58. The van der Waals surface area contributed by atoms with Crippen molar-refractivity contribution in [2.75, 3.05) is 11.9 Å². The summed E-state index contributed by atoms with van der Waals surface area (Å²) in [6, 6.07) is 15.9. The van der Waals surface area contributed by atoms with Crippen LogP contribution < -0.4 is 10.1 Å². The summed E-state index contributed by atoms with van der Waals surface area (Å²) in [6.45, 7) is 6.39. The molecule has 0 saturated heterocycles. The van der Waals surface area contributed by atoms with Crippen LogP contribution in [0.1, 0.15) is 74.5 Å². The van der Waals surface area contributed by atoms with Crippen LogP contribution in [0.5, 0.6) is 5.75 Å². The minimum atomic E-state index is -0.827. The molecule has 1 saturated carbocycles. The second-order valence-corrected chi connectivity index (χ2v) is 9.99. The van der Waals surface area contributed by atoms with Crippen molar-refractivity contribution in [2.24, 2.45) is 5.92 Å². The maximum Gasteiger partial charge on any atom is 0.303 e. The smallest absolute Gasteiger partial charge is 0.303 e. The number of amides is 1. The van der Waals surface area contributed by atoms with Crippen LogP contribution in [-0.2, 0) is 9.59 Å². The molecule has 1 aromatic heterocycles. The Morgan fingerprint density at radius 1 is 1.08 bits per heavy atom. The molecular weight excluding hydrogens is 464 g/mol. The molecule has 2 atom stereocenters. The van der Waals surface area contributed by atoms with Gasteiger partial charge >= 0.3 is 5.97 Å². The first-order chi connectivity index (χ1) is 17.9. The number of carboxylic acids is 1. The summed E-state index contributed by atoms with van der Waals surface area (Å²) in [5.74, 6) is -0.185. The lowest BCUT2D eigenvalue weighted by Gasteiger charge is -2.25. The van der Waals surface area contributed by atoms with Crippen molar-refractivity contribution < 1.29 is 19.4 Å². The standard InChI is InChI=1S/C31H36N2O4/c1-4-37-26-17-25(18-32-19-26)22-12-14-24(15-13-22)30(23-8-5-6-9-23)31(36)33-28-11-7-10-27(21(28)3)20(2)16-29(34)35/h7,10-15,17-20,23,30H,4-6,8-9,16H2,1-3H3,(H,33,36)(H,34,35)/t20-,30-/m1/s1. The third-order valence-electron chi connectivity index (χ3n) is 7.43. The molecule has 2 aromatic carbocycles. The zero-order valence-electron chi connectivity index (χ0n) is 21.9. The van der Waals surface area contributed by atoms with Gasteiger partial charge in [0, 0.05) is 17.4 Å². The maximum atomic E-state index is 13.8. The van der Waals surface area contributed by atoms with Gasteiger partial charge in [-0.25, -0.2) is 0 Å². The number of rotatable bonds is 10. The van der Waals surface area contributed by atoms with Crippen LogP contribution in [0.3, 0.4) is 0 Å². The highest BCUT2D eigenvalue weighted by atomic mass is 16.5. The summed E-state index contributed by atoms with van der Waals surface area (Å²) in [5.41, 5.74) is 5.63. The number of carboxylic acid groups (broad SMARTS) is 1. The SMILES string of the molecule is CCOc1cncc(-c2ccc([C@H](C(=O)Nc3cccc([C@H](C)CC(=O)O)c3C)C3CCCC3)cc2)c1. The largest absolute Gasteiger partial charge is 0.492 e. The Labute approximate surface area is 219 Å². The van der Waals surface area contributed by atoms with Gasteiger partial charge in [-0.2, -0.15) is 0 Å². The Kier molecular flexibility index (Phi) is 8.59. The van der Waals surface area contributed by atoms with Gasteiger partial charge < -0.3 is 15.2 Å². The van der Waals surface area contributed by atoms with E-state index in [0.29, 0.717) is 12.5 Å². The topological polar surface area (TPSA) is 88.5 Å². The second kappa shape index (κ2) is 12.0. The van der Waals surface area contributed by atoms with Crippen molar-refractivity contribution in [3.63, 3.8) is 0 Å². The molecule has 3 aromatic rings. The van der Waals surface area contributed by atoms with E-state index >= 15 is 0 Å². The van der Waals surface area contributed by atoms with Gasteiger partial charge in [-0.05, 0) is 72.9 Å². The summed E-state index contributed by atoms with van der Waals surface area (Å²) < 4.78 is 5.59. The molecule has 37 heavy (non-hydrogen) atoms. The first kappa shape index (κ1) is 26.4. The predicted octanol–water partition coefficient (Wildman–Crippen LogP) is 6.95. The third-order valence-corrected chi connectivity index (χ3v) is 7.43. The van der Waals surface area contributed by atoms with E-state index in [1.165, 1.54) is 0 Å². The number of aromatic nitrogens is 1. The molecule has 1 aliphatic carbocycles. The normalized spacial score (nSPS) is 15.2. The fourth-order valence-corrected chi connectivity index (χ4v) is 5.54. The first-order valence-electron chi connectivity index (χ1n) is 13.2. The molecule has 2 N–H and O–H groups in total. The van der Waals surface area contributed by atoms with Crippen LogP contribution in [0.25, 0.3) is 11.1 Å². The van der Waals surface area contributed by atoms with Gasteiger partial charge in [-0.15, -0.1) is 0 Å². The molecule has 1 heterocycles. The van der Waals surface area contributed by atoms with E-state index in [-0.39, 0.29) is 24.2 Å². The van der Waals surface area contributed by atoms with E-state index in [2.05, 4.69) is 34.6 Å². The Hall–Kier alpha value is -3.67. The lowest BCUT2D eigenvalue weighted by Crippen LogP contribution is -2.27. The minimum Gasteiger partial charge on any atom is -0.492 e. The van der Waals surface area contributed by atoms with E-state index in [0.717, 1.165) is 64.9 Å². The first-order valence-corrected chi connectivity index (χ1v) is 13.2. The number of carbonyl (C=O) groups is 2. The third kappa shape index (κ3) is 6.37. The average molecular weight is 501 g/mol. The van der Waals surface area contributed by atoms with Crippen molar-refractivity contribution in [1.29, 1.82) is 0 Å². The van der Waals surface area contributed by atoms with Crippen molar-refractivity contribution in [3.05, 3.63) is 77.6 Å². The quantitative estimate of drug-likeness (QED) is 0.315. The molecule has 0 aliphatic heterocycles. The Morgan fingerprint density at radius 3 is 2.49 bits per heavy atom. The number of hydrogen-bond donors (Lipinski definition) is 2. The molecule has 0 spiro atoms. The number of hydrogen-bond acceptors (Lipinski definition) is 4. The van der Waals surface area contributed by atoms with E-state index in [1.807, 2.05) is 51.2 Å². The molecule has 0 unspecified atom stereocenters. The molecule has 6 nitrogen and oxygen atoms in total. The highest BCUT2D eigenvalue weighted by molar-refractivity contribution is 5.97. The van der Waals surface area contributed by atoms with Crippen LogP contribution >= 0.6 is 0 Å². The van der Waals surface area contributed by atoms with Crippen LogP contribution in [0.15, 0.2) is 60.9 Å². The van der Waals surface area contributed by atoms with Crippen molar-refractivity contribution in [1.82, 2.24) is 4.98 Å². The van der Waals surface area contributed by atoms with Crippen LogP contribution in [0.2, 0.25) is 0 Å². The molecular formula is C31H36N2O4. The lowest BCUT2D eigenvalue weighted by atomic mass is 9.83. The summed E-state index contributed by atoms with van der Waals surface area (Å²) in [5, 5.41) is 12.4. The van der Waals surface area contributed by atoms with Crippen LogP contribution in [-0.4, -0.2) is 28.6 Å². The predicted molar refractivity (Wildman–Crippen MR) is 146 cm³/mol. The highest BCUT2D eigenvalue weighted by Crippen LogP contribution is 2.39. The number of nitrogens with one attached hydrogen (secondary N) is 1. The number of pyridine rings is 1. The van der Waals surface area contributed by atoms with E-state index in [1.54, 1.807) is 6.20 Å². The number of ether oxygens (including phenoxy) is 1. The lowest BCUT2D eigenvalue weighted by molar-refractivity contribution is -0.137. The molecule has 4 rings (SSSR count). The van der Waals surface area contributed by atoms with Crippen molar-refractivity contribution in [2.45, 2.75) is 64.7 Å². The number of aliphatic carboxylic acids is 1. The summed E-state index contributed by atoms with van der Waals surface area (Å²) in [7, 11) is 0. The molecule has 0 radical (unpaired) electrons. The summed E-state index contributed by atoms with van der Waals surface area (Å²) in [6.07, 6.45) is 7.94. The van der Waals surface area contributed by atoms with E-state index < -0.39 is 5.97 Å². The van der Waals surface area contributed by atoms with Crippen LogP contribution in [0.4, 0.5) is 5.69 Å². The highest BCUT2D eigenvalue weighted by Gasteiger charge is 2.32. The number of anilines is 1. The van der Waals surface area contributed by atoms with E-state index in [9.17, 15) is 14.7 Å². The van der Waals surface area contributed by atoms with Gasteiger partial charge in [0.25, 0.3) is 0 Å². The minimum absolute atomic E-state index is 0.00852. The van der Waals surface area contributed by atoms with Gasteiger partial charge in [-0.1, -0.05) is 56.2 Å². The summed E-state index contributed by atoms with van der Waals surface area (Å²) >= 11 is 0. The zero-order chi connectivity index (χ0) is 26.4. The van der Waals surface area contributed by atoms with Gasteiger partial charge in [0.1, 0.15) is 5.75 Å². The number of carbonyl (C=O) groups excluding carboxylic acids is 1. The van der Waals surface area contributed by atoms with E-state index in [4.69, 9.17) is 4.74 Å². The van der Waals surface area contributed by atoms with Crippen LogP contribution in [0, 0.1) is 12.8 Å². The maximum absolute atomic E-state index is 13.8. The molecule has 6 heteroatoms. The van der Waals surface area contributed by atoms with Gasteiger partial charge in [0.05, 0.1) is 25.1 Å². The van der Waals surface area contributed by atoms with Crippen molar-refractivity contribution in [3.8, 4) is 16.9 Å². The monoisotopic (exact) mass is 500 g/mol. The Morgan fingerprint density at radius 2 is 1.81 bits per heavy atom.